The fourth-order valence-electron chi connectivity index (χ4n) is 1.97. The van der Waals surface area contributed by atoms with Crippen LogP contribution in [-0.2, 0) is 27.5 Å². The summed E-state index contributed by atoms with van der Waals surface area (Å²) in [6, 6.07) is 6.49. The van der Waals surface area contributed by atoms with Gasteiger partial charge in [-0.3, -0.25) is 4.79 Å². The molecule has 1 amide bonds. The molecule has 0 aliphatic rings. The van der Waals surface area contributed by atoms with Gasteiger partial charge in [-0.1, -0.05) is 36.5 Å². The van der Waals surface area contributed by atoms with E-state index in [9.17, 15) is 13.2 Å². The molecule has 0 saturated carbocycles. The third-order valence-electron chi connectivity index (χ3n) is 2.90. The van der Waals surface area contributed by atoms with E-state index in [1.807, 2.05) is 6.92 Å². The van der Waals surface area contributed by atoms with Gasteiger partial charge in [-0.2, -0.15) is 0 Å². The average molecular weight is 339 g/mol. The number of carbonyl (C=O) groups excluding carboxylic acids is 1. The molecule has 2 aromatic rings. The molecular weight excluding hydrogens is 322 g/mol. The maximum Gasteiger partial charge on any atom is 0.230 e. The number of anilines is 1. The number of nitrogens with zero attached hydrogens (tertiary/aromatic N) is 2. The number of amides is 1. The number of aromatic nitrogens is 2. The minimum Gasteiger partial charge on any atom is -0.300 e. The van der Waals surface area contributed by atoms with Gasteiger partial charge in [-0.05, 0) is 18.1 Å². The van der Waals surface area contributed by atoms with Crippen LogP contribution >= 0.6 is 11.3 Å². The highest BCUT2D eigenvalue weighted by Gasteiger charge is 2.16. The molecule has 6 nitrogen and oxygen atoms in total. The fourth-order valence-corrected chi connectivity index (χ4v) is 3.77. The first kappa shape index (κ1) is 16.6. The minimum atomic E-state index is -3.36. The van der Waals surface area contributed by atoms with Gasteiger partial charge in [-0.15, -0.1) is 10.2 Å². The molecule has 0 saturated heterocycles. The van der Waals surface area contributed by atoms with E-state index in [1.54, 1.807) is 18.2 Å². The lowest BCUT2D eigenvalue weighted by Crippen LogP contribution is -2.16. The van der Waals surface area contributed by atoms with E-state index in [0.29, 0.717) is 10.7 Å². The molecule has 2 rings (SSSR count). The van der Waals surface area contributed by atoms with Gasteiger partial charge < -0.3 is 5.32 Å². The van der Waals surface area contributed by atoms with Gasteiger partial charge in [0.25, 0.3) is 0 Å². The van der Waals surface area contributed by atoms with E-state index in [-0.39, 0.29) is 17.2 Å². The highest BCUT2D eigenvalue weighted by Crippen LogP contribution is 2.19. The maximum absolute atomic E-state index is 12.1. The summed E-state index contributed by atoms with van der Waals surface area (Å²) in [5, 5.41) is 11.9. The largest absolute Gasteiger partial charge is 0.300 e. The Bertz CT molecular complexity index is 769. The maximum atomic E-state index is 12.1. The van der Waals surface area contributed by atoms with E-state index < -0.39 is 9.84 Å². The van der Waals surface area contributed by atoms with E-state index >= 15 is 0 Å². The first-order valence-electron chi connectivity index (χ1n) is 6.80. The van der Waals surface area contributed by atoms with Gasteiger partial charge in [0.1, 0.15) is 5.01 Å². The number of hydrogen-bond acceptors (Lipinski definition) is 6. The van der Waals surface area contributed by atoms with Crippen LogP contribution < -0.4 is 5.32 Å². The van der Waals surface area contributed by atoms with Crippen molar-refractivity contribution in [2.75, 3.05) is 11.6 Å². The second-order valence-corrected chi connectivity index (χ2v) is 7.90. The third kappa shape index (κ3) is 4.35. The van der Waals surface area contributed by atoms with Gasteiger partial charge >= 0.3 is 0 Å². The molecule has 0 fully saturated rings. The van der Waals surface area contributed by atoms with Crippen molar-refractivity contribution in [3.8, 4) is 0 Å². The van der Waals surface area contributed by atoms with Crippen molar-refractivity contribution in [1.82, 2.24) is 10.2 Å². The molecule has 1 aromatic carbocycles. The fraction of sp³-hybridized carbons (Fsp3) is 0.357. The van der Waals surface area contributed by atoms with Gasteiger partial charge in [0.05, 0.1) is 11.3 Å². The Morgan fingerprint density at radius 2 is 2.00 bits per heavy atom. The highest BCUT2D eigenvalue weighted by molar-refractivity contribution is 7.90. The lowest BCUT2D eigenvalue weighted by atomic mass is 10.1. The lowest BCUT2D eigenvalue weighted by Gasteiger charge is -2.07. The summed E-state index contributed by atoms with van der Waals surface area (Å²) in [6.07, 6.45) is 2.90. The Hall–Kier alpha value is -1.80. The smallest absolute Gasteiger partial charge is 0.230 e. The van der Waals surface area contributed by atoms with Crippen molar-refractivity contribution in [2.45, 2.75) is 31.1 Å². The predicted octanol–water partition coefficient (Wildman–Crippen LogP) is 2.08. The minimum absolute atomic E-state index is 0.0219. The van der Waals surface area contributed by atoms with Crippen molar-refractivity contribution < 1.29 is 13.2 Å². The average Bonchev–Trinajstić information content (AvgIpc) is 2.85. The quantitative estimate of drug-likeness (QED) is 0.870. The van der Waals surface area contributed by atoms with Gasteiger partial charge in [0.2, 0.25) is 11.0 Å². The molecule has 1 heterocycles. The Kier molecular flexibility index (Phi) is 5.25. The topological polar surface area (TPSA) is 89.0 Å². The van der Waals surface area contributed by atoms with Crippen LogP contribution in [-0.4, -0.2) is 30.8 Å². The van der Waals surface area contributed by atoms with Crippen LogP contribution in [0.15, 0.2) is 29.2 Å². The number of aryl methyl sites for hydroxylation is 1. The zero-order chi connectivity index (χ0) is 16.2. The van der Waals surface area contributed by atoms with Crippen LogP contribution in [0.25, 0.3) is 0 Å². The molecule has 118 valence electrons. The van der Waals surface area contributed by atoms with Crippen LogP contribution in [0.1, 0.15) is 23.9 Å². The summed E-state index contributed by atoms with van der Waals surface area (Å²) in [5.41, 5.74) is 0.473. The zero-order valence-corrected chi connectivity index (χ0v) is 14.0. The molecule has 1 N–H and O–H groups in total. The van der Waals surface area contributed by atoms with Crippen molar-refractivity contribution in [2.24, 2.45) is 0 Å². The molecule has 0 atom stereocenters. The number of rotatable bonds is 6. The molecule has 0 bridgehead atoms. The van der Waals surface area contributed by atoms with Crippen LogP contribution in [0, 0.1) is 0 Å². The van der Waals surface area contributed by atoms with Crippen LogP contribution in [0.2, 0.25) is 0 Å². The molecule has 0 aliphatic carbocycles. The molecule has 1 aromatic heterocycles. The Balaban J connectivity index is 2.09. The monoisotopic (exact) mass is 339 g/mol. The first-order chi connectivity index (χ1) is 10.4. The standard InChI is InChI=1S/C14H17N3O3S2/c1-3-6-13-16-17-14(21-13)15-12(18)9-10-7-4-5-8-11(10)22(2,19)20/h4-5,7-8H,3,6,9H2,1-2H3,(H,15,17,18). The molecular formula is C14H17N3O3S2. The molecule has 0 radical (unpaired) electrons. The summed E-state index contributed by atoms with van der Waals surface area (Å²) in [6.45, 7) is 2.04. The zero-order valence-electron chi connectivity index (χ0n) is 12.4. The van der Waals surface area contributed by atoms with Gasteiger partial charge in [0.15, 0.2) is 9.84 Å². The lowest BCUT2D eigenvalue weighted by molar-refractivity contribution is -0.115. The number of carbonyl (C=O) groups is 1. The van der Waals surface area contributed by atoms with E-state index in [2.05, 4.69) is 15.5 Å². The number of hydrogen-bond donors (Lipinski definition) is 1. The van der Waals surface area contributed by atoms with Crippen molar-refractivity contribution >= 4 is 32.2 Å². The summed E-state index contributed by atoms with van der Waals surface area (Å²) in [4.78, 5) is 12.2. The molecule has 0 aliphatic heterocycles. The molecule has 8 heteroatoms. The van der Waals surface area contributed by atoms with Crippen LogP contribution in [0.5, 0.6) is 0 Å². The van der Waals surface area contributed by atoms with E-state index in [1.165, 1.54) is 17.4 Å². The van der Waals surface area contributed by atoms with Gasteiger partial charge in [-0.25, -0.2) is 8.42 Å². The summed E-state index contributed by atoms with van der Waals surface area (Å²) in [5.74, 6) is -0.310. The normalized spacial score (nSPS) is 11.4. The number of benzene rings is 1. The first-order valence-corrected chi connectivity index (χ1v) is 9.51. The number of nitrogens with one attached hydrogen (secondary N) is 1. The van der Waals surface area contributed by atoms with E-state index in [4.69, 9.17) is 0 Å². The molecule has 0 spiro atoms. The Labute approximate surface area is 133 Å². The summed E-state index contributed by atoms with van der Waals surface area (Å²) >= 11 is 1.33. The molecule has 22 heavy (non-hydrogen) atoms. The summed E-state index contributed by atoms with van der Waals surface area (Å²) in [7, 11) is -3.36. The second kappa shape index (κ2) is 6.97. The Morgan fingerprint density at radius 3 is 2.68 bits per heavy atom. The SMILES string of the molecule is CCCc1nnc(NC(=O)Cc2ccccc2S(C)(=O)=O)s1. The third-order valence-corrected chi connectivity index (χ3v) is 5.00. The second-order valence-electron chi connectivity index (χ2n) is 4.86. The molecule has 0 unspecified atom stereocenters. The van der Waals surface area contributed by atoms with Crippen LogP contribution in [0.3, 0.4) is 0 Å². The number of sulfone groups is 1. The van der Waals surface area contributed by atoms with Crippen molar-refractivity contribution in [3.05, 3.63) is 34.8 Å². The van der Waals surface area contributed by atoms with Crippen molar-refractivity contribution in [1.29, 1.82) is 0 Å². The van der Waals surface area contributed by atoms with Gasteiger partial charge in [0, 0.05) is 12.7 Å². The highest BCUT2D eigenvalue weighted by atomic mass is 32.2. The van der Waals surface area contributed by atoms with Crippen molar-refractivity contribution in [3.63, 3.8) is 0 Å². The van der Waals surface area contributed by atoms with E-state index in [0.717, 1.165) is 24.1 Å². The predicted molar refractivity (Wildman–Crippen MR) is 85.8 cm³/mol. The Morgan fingerprint density at radius 1 is 1.27 bits per heavy atom. The van der Waals surface area contributed by atoms with Crippen LogP contribution in [0.4, 0.5) is 5.13 Å². The summed E-state index contributed by atoms with van der Waals surface area (Å²) < 4.78 is 23.4.